The zero-order valence-corrected chi connectivity index (χ0v) is 13.1. The highest BCUT2D eigenvalue weighted by Gasteiger charge is 2.34. The van der Waals surface area contributed by atoms with Gasteiger partial charge in [-0.3, -0.25) is 10.1 Å². The second kappa shape index (κ2) is 7.25. The summed E-state index contributed by atoms with van der Waals surface area (Å²) in [5.41, 5.74) is -2.22. The average Bonchev–Trinajstić information content (AvgIpc) is 2.55. The molecule has 0 aliphatic carbocycles. The highest BCUT2D eigenvalue weighted by molar-refractivity contribution is 5.72. The number of benzene rings is 1. The van der Waals surface area contributed by atoms with Crippen LogP contribution >= 0.6 is 0 Å². The van der Waals surface area contributed by atoms with Gasteiger partial charge >= 0.3 is 17.8 Å². The fourth-order valence-corrected chi connectivity index (χ4v) is 1.76. The van der Waals surface area contributed by atoms with Crippen molar-refractivity contribution in [1.82, 2.24) is 4.98 Å². The SMILES string of the molecule is CC(Oc1ccc(Oc2ncc(C(F)(F)F)cc2[N+](=O)[O-])cc1)C(=O)O. The van der Waals surface area contributed by atoms with Gasteiger partial charge in [0.05, 0.1) is 10.5 Å². The molecule has 0 saturated carbocycles. The van der Waals surface area contributed by atoms with E-state index in [0.29, 0.717) is 12.3 Å². The molecular formula is C15H11F3N2O6. The summed E-state index contributed by atoms with van der Waals surface area (Å²) in [4.78, 5) is 24.0. The predicted octanol–water partition coefficient (Wildman–Crippen LogP) is 3.65. The Labute approximate surface area is 144 Å². The quantitative estimate of drug-likeness (QED) is 0.608. The lowest BCUT2D eigenvalue weighted by Gasteiger charge is -2.11. The second-order valence-electron chi connectivity index (χ2n) is 4.97. The van der Waals surface area contributed by atoms with Crippen molar-refractivity contribution in [2.45, 2.75) is 19.2 Å². The molecule has 1 atom stereocenters. The lowest BCUT2D eigenvalue weighted by molar-refractivity contribution is -0.386. The molecule has 0 saturated heterocycles. The van der Waals surface area contributed by atoms with Crippen LogP contribution in [0.25, 0.3) is 0 Å². The molecular weight excluding hydrogens is 361 g/mol. The van der Waals surface area contributed by atoms with Gasteiger partial charge in [-0.2, -0.15) is 13.2 Å². The highest BCUT2D eigenvalue weighted by Crippen LogP contribution is 2.36. The van der Waals surface area contributed by atoms with Crippen LogP contribution < -0.4 is 9.47 Å². The van der Waals surface area contributed by atoms with E-state index in [1.807, 2.05) is 0 Å². The summed E-state index contributed by atoms with van der Waals surface area (Å²) in [6, 6.07) is 5.60. The zero-order chi connectivity index (χ0) is 19.5. The molecule has 2 aromatic rings. The highest BCUT2D eigenvalue weighted by atomic mass is 19.4. The second-order valence-corrected chi connectivity index (χ2v) is 4.97. The fourth-order valence-electron chi connectivity index (χ4n) is 1.76. The van der Waals surface area contributed by atoms with Crippen LogP contribution in [-0.4, -0.2) is 27.1 Å². The number of carboxylic acids is 1. The normalized spacial score (nSPS) is 12.3. The number of aliphatic carboxylic acids is 1. The van der Waals surface area contributed by atoms with Gasteiger partial charge in [-0.15, -0.1) is 0 Å². The Bertz CT molecular complexity index is 823. The standard InChI is InChI=1S/C15H11F3N2O6/c1-8(14(21)22)25-10-2-4-11(5-3-10)26-13-12(20(23)24)6-9(7-19-13)15(16,17)18/h2-8H,1H3,(H,21,22). The van der Waals surface area contributed by atoms with Gasteiger partial charge < -0.3 is 14.6 Å². The van der Waals surface area contributed by atoms with Crippen molar-refractivity contribution < 1.29 is 37.5 Å². The zero-order valence-electron chi connectivity index (χ0n) is 13.1. The molecule has 0 spiro atoms. The Kier molecular flexibility index (Phi) is 5.29. The third-order valence-electron chi connectivity index (χ3n) is 3.06. The van der Waals surface area contributed by atoms with Gasteiger partial charge in [-0.25, -0.2) is 9.78 Å². The van der Waals surface area contributed by atoms with Crippen molar-refractivity contribution in [3.63, 3.8) is 0 Å². The Morgan fingerprint density at radius 3 is 2.35 bits per heavy atom. The molecule has 1 aromatic heterocycles. The van der Waals surface area contributed by atoms with Crippen molar-refractivity contribution >= 4 is 11.7 Å². The third kappa shape index (κ3) is 4.59. The largest absolute Gasteiger partial charge is 0.479 e. The summed E-state index contributed by atoms with van der Waals surface area (Å²) < 4.78 is 48.2. The van der Waals surface area contributed by atoms with E-state index in [1.165, 1.54) is 31.2 Å². The van der Waals surface area contributed by atoms with Crippen LogP contribution in [0.2, 0.25) is 0 Å². The first-order chi connectivity index (χ1) is 12.1. The van der Waals surface area contributed by atoms with E-state index in [2.05, 4.69) is 4.98 Å². The first-order valence-electron chi connectivity index (χ1n) is 6.97. The van der Waals surface area contributed by atoms with Gasteiger partial charge in [-0.05, 0) is 31.2 Å². The number of ether oxygens (including phenoxy) is 2. The van der Waals surface area contributed by atoms with Gasteiger partial charge in [0.1, 0.15) is 11.5 Å². The number of halogens is 3. The molecule has 0 aliphatic rings. The molecule has 8 nitrogen and oxygen atoms in total. The van der Waals surface area contributed by atoms with Gasteiger partial charge in [0, 0.05) is 12.3 Å². The van der Waals surface area contributed by atoms with Crippen molar-refractivity contribution in [2.24, 2.45) is 0 Å². The van der Waals surface area contributed by atoms with Crippen LogP contribution in [0, 0.1) is 10.1 Å². The summed E-state index contributed by atoms with van der Waals surface area (Å²) in [5, 5.41) is 19.7. The van der Waals surface area contributed by atoms with Crippen LogP contribution in [0.1, 0.15) is 12.5 Å². The van der Waals surface area contributed by atoms with Gasteiger partial charge in [0.15, 0.2) is 6.10 Å². The van der Waals surface area contributed by atoms with Gasteiger partial charge in [-0.1, -0.05) is 0 Å². The molecule has 1 heterocycles. The van der Waals surface area contributed by atoms with Crippen molar-refractivity contribution in [3.05, 3.63) is 52.2 Å². The maximum Gasteiger partial charge on any atom is 0.418 e. The van der Waals surface area contributed by atoms with Crippen LogP contribution in [0.3, 0.4) is 0 Å². The minimum atomic E-state index is -4.78. The smallest absolute Gasteiger partial charge is 0.418 e. The van der Waals surface area contributed by atoms with Crippen LogP contribution in [0.4, 0.5) is 18.9 Å². The van der Waals surface area contributed by atoms with E-state index in [0.717, 1.165) is 0 Å². The fraction of sp³-hybridized carbons (Fsp3) is 0.200. The van der Waals surface area contributed by atoms with E-state index >= 15 is 0 Å². The Balaban J connectivity index is 2.22. The third-order valence-corrected chi connectivity index (χ3v) is 3.06. The van der Waals surface area contributed by atoms with Gasteiger partial charge in [0.25, 0.3) is 5.88 Å². The number of alkyl halides is 3. The Morgan fingerprint density at radius 2 is 1.85 bits per heavy atom. The molecule has 11 heteroatoms. The van der Waals surface area contributed by atoms with Crippen LogP contribution in [0.5, 0.6) is 17.4 Å². The molecule has 0 amide bonds. The van der Waals surface area contributed by atoms with Crippen LogP contribution in [0.15, 0.2) is 36.5 Å². The number of hydrogen-bond acceptors (Lipinski definition) is 6. The molecule has 0 fully saturated rings. The summed E-state index contributed by atoms with van der Waals surface area (Å²) in [6.45, 7) is 1.32. The minimum absolute atomic E-state index is 0.0377. The van der Waals surface area contributed by atoms with E-state index in [-0.39, 0.29) is 11.5 Å². The van der Waals surface area contributed by atoms with Crippen LogP contribution in [-0.2, 0) is 11.0 Å². The maximum atomic E-state index is 12.6. The molecule has 1 N–H and O–H groups in total. The Hall–Kier alpha value is -3.37. The van der Waals surface area contributed by atoms with Crippen molar-refractivity contribution in [2.75, 3.05) is 0 Å². The number of hydrogen-bond donors (Lipinski definition) is 1. The van der Waals surface area contributed by atoms with E-state index < -0.39 is 40.3 Å². The molecule has 2 rings (SSSR count). The lowest BCUT2D eigenvalue weighted by atomic mass is 10.2. The predicted molar refractivity (Wildman–Crippen MR) is 80.1 cm³/mol. The summed E-state index contributed by atoms with van der Waals surface area (Å²) >= 11 is 0. The van der Waals surface area contributed by atoms with E-state index in [4.69, 9.17) is 14.6 Å². The molecule has 1 aromatic carbocycles. The molecule has 138 valence electrons. The van der Waals surface area contributed by atoms with E-state index in [1.54, 1.807) is 0 Å². The Morgan fingerprint density at radius 1 is 1.27 bits per heavy atom. The minimum Gasteiger partial charge on any atom is -0.479 e. The number of carbonyl (C=O) groups is 1. The first-order valence-corrected chi connectivity index (χ1v) is 6.97. The summed E-state index contributed by atoms with van der Waals surface area (Å²) in [6.07, 6.45) is -5.45. The van der Waals surface area contributed by atoms with E-state index in [9.17, 15) is 28.1 Å². The number of nitro groups is 1. The monoisotopic (exact) mass is 372 g/mol. The average molecular weight is 372 g/mol. The van der Waals surface area contributed by atoms with Crippen molar-refractivity contribution in [1.29, 1.82) is 0 Å². The van der Waals surface area contributed by atoms with Crippen molar-refractivity contribution in [3.8, 4) is 17.4 Å². The molecule has 0 radical (unpaired) electrons. The first kappa shape index (κ1) is 19.0. The number of rotatable bonds is 6. The number of nitrogens with zero attached hydrogens (tertiary/aromatic N) is 2. The summed E-state index contributed by atoms with van der Waals surface area (Å²) in [7, 11) is 0. The molecule has 1 unspecified atom stereocenters. The molecule has 0 aliphatic heterocycles. The topological polar surface area (TPSA) is 112 Å². The maximum absolute atomic E-state index is 12.6. The lowest BCUT2D eigenvalue weighted by Crippen LogP contribution is -2.22. The molecule has 26 heavy (non-hydrogen) atoms. The number of pyridine rings is 1. The van der Waals surface area contributed by atoms with Gasteiger partial charge in [0.2, 0.25) is 0 Å². The summed E-state index contributed by atoms with van der Waals surface area (Å²) in [5.74, 6) is -1.55. The number of carboxylic acid groups (broad SMARTS) is 1. The number of aromatic nitrogens is 1. The molecule has 0 bridgehead atoms.